The van der Waals surface area contributed by atoms with E-state index >= 15 is 0 Å². The van der Waals surface area contributed by atoms with Gasteiger partial charge in [0.25, 0.3) is 5.91 Å². The average molecular weight is 390 g/mol. The molecule has 8 nitrogen and oxygen atoms in total. The zero-order valence-electron chi connectivity index (χ0n) is 15.7. The van der Waals surface area contributed by atoms with Gasteiger partial charge in [0.15, 0.2) is 5.65 Å². The molecule has 29 heavy (non-hydrogen) atoms. The van der Waals surface area contributed by atoms with Gasteiger partial charge in [-0.2, -0.15) is 5.10 Å². The molecule has 0 saturated carbocycles. The van der Waals surface area contributed by atoms with E-state index in [1.54, 1.807) is 29.3 Å². The first-order valence-corrected chi connectivity index (χ1v) is 8.95. The Morgan fingerprint density at radius 2 is 2.00 bits per heavy atom. The first-order valence-electron chi connectivity index (χ1n) is 8.95. The number of furan rings is 1. The molecule has 1 amide bonds. The highest BCUT2D eigenvalue weighted by molar-refractivity contribution is 6.07. The fourth-order valence-electron chi connectivity index (χ4n) is 2.98. The van der Waals surface area contributed by atoms with Crippen molar-refractivity contribution in [2.75, 3.05) is 13.7 Å². The molecule has 0 aliphatic carbocycles. The van der Waals surface area contributed by atoms with Gasteiger partial charge in [0.1, 0.15) is 18.8 Å². The van der Waals surface area contributed by atoms with Gasteiger partial charge in [-0.05, 0) is 18.2 Å². The van der Waals surface area contributed by atoms with E-state index < -0.39 is 11.9 Å². The Kier molecular flexibility index (Phi) is 5.07. The van der Waals surface area contributed by atoms with Gasteiger partial charge in [0, 0.05) is 5.56 Å². The lowest BCUT2D eigenvalue weighted by Crippen LogP contribution is -2.30. The highest BCUT2D eigenvalue weighted by atomic mass is 16.5. The maximum Gasteiger partial charge on any atom is 0.325 e. The van der Waals surface area contributed by atoms with Crippen LogP contribution in [0.2, 0.25) is 0 Å². The second-order valence-corrected chi connectivity index (χ2v) is 6.30. The SMILES string of the molecule is COC(=O)CNC(=O)c1cc(-c2ccccc2)nc2c1cnn2Cc1ccco1. The summed E-state index contributed by atoms with van der Waals surface area (Å²) in [4.78, 5) is 28.9. The number of nitrogens with one attached hydrogen (secondary N) is 1. The number of carbonyl (C=O) groups excluding carboxylic acids is 2. The maximum absolute atomic E-state index is 12.8. The molecular weight excluding hydrogens is 372 g/mol. The quantitative estimate of drug-likeness (QED) is 0.508. The van der Waals surface area contributed by atoms with Crippen LogP contribution in [-0.2, 0) is 16.1 Å². The van der Waals surface area contributed by atoms with Gasteiger partial charge in [-0.25, -0.2) is 9.67 Å². The Bertz CT molecular complexity index is 1150. The minimum atomic E-state index is -0.527. The lowest BCUT2D eigenvalue weighted by Gasteiger charge is -2.09. The number of ether oxygens (including phenoxy) is 1. The summed E-state index contributed by atoms with van der Waals surface area (Å²) >= 11 is 0. The molecule has 0 radical (unpaired) electrons. The van der Waals surface area contributed by atoms with Gasteiger partial charge in [0.2, 0.25) is 0 Å². The van der Waals surface area contributed by atoms with Crippen molar-refractivity contribution in [1.29, 1.82) is 0 Å². The molecule has 1 aromatic carbocycles. The van der Waals surface area contributed by atoms with E-state index in [9.17, 15) is 9.59 Å². The van der Waals surface area contributed by atoms with Gasteiger partial charge in [-0.1, -0.05) is 30.3 Å². The fourth-order valence-corrected chi connectivity index (χ4v) is 2.98. The summed E-state index contributed by atoms with van der Waals surface area (Å²) in [6.45, 7) is 0.158. The molecule has 0 fully saturated rings. The molecule has 3 heterocycles. The van der Waals surface area contributed by atoms with Crippen LogP contribution >= 0.6 is 0 Å². The lowest BCUT2D eigenvalue weighted by atomic mass is 10.1. The van der Waals surface area contributed by atoms with Gasteiger partial charge >= 0.3 is 5.97 Å². The first kappa shape index (κ1) is 18.4. The van der Waals surface area contributed by atoms with Crippen molar-refractivity contribution in [2.24, 2.45) is 0 Å². The third kappa shape index (κ3) is 3.86. The number of fused-ring (bicyclic) bond motifs is 1. The van der Waals surface area contributed by atoms with Gasteiger partial charge in [0.05, 0.1) is 36.2 Å². The van der Waals surface area contributed by atoms with Crippen LogP contribution in [0.4, 0.5) is 0 Å². The Balaban J connectivity index is 1.79. The van der Waals surface area contributed by atoms with E-state index in [0.29, 0.717) is 28.8 Å². The summed E-state index contributed by atoms with van der Waals surface area (Å²) in [6.07, 6.45) is 3.18. The van der Waals surface area contributed by atoms with E-state index in [0.717, 1.165) is 11.3 Å². The van der Waals surface area contributed by atoms with Gasteiger partial charge in [-0.3, -0.25) is 9.59 Å². The molecule has 4 aromatic rings. The van der Waals surface area contributed by atoms with E-state index in [1.165, 1.54) is 7.11 Å². The van der Waals surface area contributed by atoms with Crippen molar-refractivity contribution < 1.29 is 18.7 Å². The third-order valence-electron chi connectivity index (χ3n) is 4.43. The lowest BCUT2D eigenvalue weighted by molar-refractivity contribution is -0.139. The van der Waals surface area contributed by atoms with Crippen LogP contribution in [0.5, 0.6) is 0 Å². The van der Waals surface area contributed by atoms with Crippen molar-refractivity contribution in [1.82, 2.24) is 20.1 Å². The highest BCUT2D eigenvalue weighted by Crippen LogP contribution is 2.25. The molecule has 0 bridgehead atoms. The highest BCUT2D eigenvalue weighted by Gasteiger charge is 2.18. The summed E-state index contributed by atoms with van der Waals surface area (Å²) in [7, 11) is 1.27. The van der Waals surface area contributed by atoms with Crippen molar-refractivity contribution in [2.45, 2.75) is 6.54 Å². The van der Waals surface area contributed by atoms with E-state index in [-0.39, 0.29) is 6.54 Å². The number of benzene rings is 1. The number of aromatic nitrogens is 3. The van der Waals surface area contributed by atoms with Crippen molar-refractivity contribution in [3.8, 4) is 11.3 Å². The topological polar surface area (TPSA) is 99.2 Å². The Morgan fingerprint density at radius 3 is 2.72 bits per heavy atom. The van der Waals surface area contributed by atoms with Crippen LogP contribution in [-0.4, -0.2) is 40.3 Å². The summed E-state index contributed by atoms with van der Waals surface area (Å²) in [5.74, 6) is -0.211. The number of amides is 1. The minimum absolute atomic E-state index is 0.222. The largest absolute Gasteiger partial charge is 0.468 e. The van der Waals surface area contributed by atoms with Crippen molar-refractivity contribution >= 4 is 22.9 Å². The normalized spacial score (nSPS) is 10.8. The number of hydrogen-bond acceptors (Lipinski definition) is 6. The van der Waals surface area contributed by atoms with Crippen LogP contribution < -0.4 is 5.32 Å². The van der Waals surface area contributed by atoms with Gasteiger partial charge < -0.3 is 14.5 Å². The Labute approximate surface area is 166 Å². The Morgan fingerprint density at radius 1 is 1.17 bits per heavy atom. The molecule has 0 aliphatic rings. The summed E-state index contributed by atoms with van der Waals surface area (Å²) in [5, 5.41) is 7.54. The molecule has 4 rings (SSSR count). The molecule has 0 spiro atoms. The molecule has 146 valence electrons. The number of hydrogen-bond donors (Lipinski definition) is 1. The predicted octanol–water partition coefficient (Wildman–Crippen LogP) is 2.64. The minimum Gasteiger partial charge on any atom is -0.468 e. The van der Waals surface area contributed by atoms with Crippen LogP contribution in [0, 0.1) is 0 Å². The monoisotopic (exact) mass is 390 g/mol. The smallest absolute Gasteiger partial charge is 0.325 e. The van der Waals surface area contributed by atoms with Crippen LogP contribution in [0.1, 0.15) is 16.1 Å². The summed E-state index contributed by atoms with van der Waals surface area (Å²) < 4.78 is 11.7. The van der Waals surface area contributed by atoms with E-state index in [4.69, 9.17) is 9.40 Å². The van der Waals surface area contributed by atoms with Crippen LogP contribution in [0.25, 0.3) is 22.3 Å². The number of carbonyl (C=O) groups is 2. The molecule has 3 aromatic heterocycles. The zero-order chi connectivity index (χ0) is 20.2. The molecule has 0 aliphatic heterocycles. The van der Waals surface area contributed by atoms with E-state index in [2.05, 4.69) is 15.2 Å². The number of methoxy groups -OCH3 is 1. The molecule has 8 heteroatoms. The second kappa shape index (κ2) is 7.97. The zero-order valence-corrected chi connectivity index (χ0v) is 15.7. The molecule has 0 unspecified atom stereocenters. The van der Waals surface area contributed by atoms with Crippen molar-refractivity contribution in [3.63, 3.8) is 0 Å². The second-order valence-electron chi connectivity index (χ2n) is 6.30. The molecule has 0 saturated heterocycles. The number of nitrogens with zero attached hydrogens (tertiary/aromatic N) is 3. The molecule has 0 atom stereocenters. The Hall–Kier alpha value is -3.94. The average Bonchev–Trinajstić information content (AvgIpc) is 3.42. The van der Waals surface area contributed by atoms with Gasteiger partial charge in [-0.15, -0.1) is 0 Å². The number of pyridine rings is 1. The van der Waals surface area contributed by atoms with Crippen LogP contribution in [0.15, 0.2) is 65.4 Å². The van der Waals surface area contributed by atoms with Crippen molar-refractivity contribution in [3.05, 3.63) is 72.3 Å². The summed E-state index contributed by atoms with van der Waals surface area (Å²) in [5.41, 5.74) is 2.42. The standard InChI is InChI=1S/C21H18N4O4/c1-28-19(26)12-22-21(27)16-10-18(14-6-3-2-4-7-14)24-20-17(16)11-23-25(20)13-15-8-5-9-29-15/h2-11H,12-13H2,1H3,(H,22,27). The summed E-state index contributed by atoms with van der Waals surface area (Å²) in [6, 6.07) is 14.9. The molecule has 1 N–H and O–H groups in total. The van der Waals surface area contributed by atoms with E-state index in [1.807, 2.05) is 36.4 Å². The number of esters is 1. The third-order valence-corrected chi connectivity index (χ3v) is 4.43. The predicted molar refractivity (Wildman–Crippen MR) is 105 cm³/mol. The fraction of sp³-hybridized carbons (Fsp3) is 0.143. The maximum atomic E-state index is 12.8. The first-order chi connectivity index (χ1) is 14.2. The van der Waals surface area contributed by atoms with Crippen LogP contribution in [0.3, 0.4) is 0 Å². The molecular formula is C21H18N4O4. The number of rotatable bonds is 6.